The maximum atomic E-state index is 12.7. The fourth-order valence-corrected chi connectivity index (χ4v) is 2.59. The summed E-state index contributed by atoms with van der Waals surface area (Å²) in [6.07, 6.45) is 3.24. The minimum atomic E-state index is -0.253. The lowest BCUT2D eigenvalue weighted by atomic mass is 10.1. The molecule has 4 aromatic heterocycles. The molecule has 0 saturated carbocycles. The van der Waals surface area contributed by atoms with E-state index < -0.39 is 0 Å². The van der Waals surface area contributed by atoms with E-state index in [4.69, 9.17) is 8.94 Å². The van der Waals surface area contributed by atoms with Gasteiger partial charge in [-0.05, 0) is 37.3 Å². The molecule has 0 atom stereocenters. The molecule has 25 heavy (non-hydrogen) atoms. The molecule has 0 aromatic carbocycles. The van der Waals surface area contributed by atoms with E-state index in [2.05, 4.69) is 20.4 Å². The highest BCUT2D eigenvalue weighted by atomic mass is 16.5. The molecule has 0 spiro atoms. The standard InChI is InChI=1S/C18H14N4O3/c1-11-16-13(17(23)20-10-12-5-2-3-7-19-12)9-14(15-6-4-8-24-15)21-18(16)25-22-11/h2-9H,10H2,1H3,(H,20,23). The maximum absolute atomic E-state index is 12.7. The molecule has 1 amide bonds. The Bertz CT molecular complexity index is 1020. The third-order valence-corrected chi connectivity index (χ3v) is 3.79. The van der Waals surface area contributed by atoms with Crippen LogP contribution in [-0.4, -0.2) is 21.0 Å². The van der Waals surface area contributed by atoms with Gasteiger partial charge in [0.15, 0.2) is 5.76 Å². The van der Waals surface area contributed by atoms with Crippen LogP contribution in [0.4, 0.5) is 0 Å². The van der Waals surface area contributed by atoms with Crippen LogP contribution in [0.1, 0.15) is 21.7 Å². The van der Waals surface area contributed by atoms with Gasteiger partial charge in [-0.3, -0.25) is 9.78 Å². The van der Waals surface area contributed by atoms with E-state index in [0.717, 1.165) is 5.69 Å². The average molecular weight is 334 g/mol. The summed E-state index contributed by atoms with van der Waals surface area (Å²) in [7, 11) is 0. The van der Waals surface area contributed by atoms with Gasteiger partial charge in [-0.2, -0.15) is 0 Å². The highest BCUT2D eigenvalue weighted by Crippen LogP contribution is 2.27. The Hall–Kier alpha value is -3.48. The molecule has 4 heterocycles. The Morgan fingerprint density at radius 2 is 2.16 bits per heavy atom. The van der Waals surface area contributed by atoms with Gasteiger partial charge in [0.05, 0.1) is 35.1 Å². The second kappa shape index (κ2) is 6.20. The zero-order valence-electron chi connectivity index (χ0n) is 13.4. The number of carbonyl (C=O) groups is 1. The third kappa shape index (κ3) is 2.87. The number of nitrogens with one attached hydrogen (secondary N) is 1. The molecule has 0 aliphatic carbocycles. The summed E-state index contributed by atoms with van der Waals surface area (Å²) in [5, 5.41) is 7.38. The Kier molecular flexibility index (Phi) is 3.74. The predicted molar refractivity (Wildman–Crippen MR) is 89.7 cm³/mol. The zero-order chi connectivity index (χ0) is 17.2. The third-order valence-electron chi connectivity index (χ3n) is 3.79. The normalized spacial score (nSPS) is 10.9. The first kappa shape index (κ1) is 15.1. The second-order valence-electron chi connectivity index (χ2n) is 5.48. The SMILES string of the molecule is Cc1noc2nc(-c3ccco3)cc(C(=O)NCc3ccccn3)c12. The number of pyridine rings is 2. The first-order valence-corrected chi connectivity index (χ1v) is 7.71. The van der Waals surface area contributed by atoms with Gasteiger partial charge < -0.3 is 14.3 Å². The summed E-state index contributed by atoms with van der Waals surface area (Å²) in [4.78, 5) is 21.3. The van der Waals surface area contributed by atoms with Crippen molar-refractivity contribution in [1.82, 2.24) is 20.4 Å². The van der Waals surface area contributed by atoms with Crippen LogP contribution < -0.4 is 5.32 Å². The van der Waals surface area contributed by atoms with Gasteiger partial charge in [0.1, 0.15) is 5.69 Å². The molecule has 124 valence electrons. The van der Waals surface area contributed by atoms with Crippen molar-refractivity contribution < 1.29 is 13.7 Å². The number of aryl methyl sites for hydroxylation is 1. The van der Waals surface area contributed by atoms with Crippen LogP contribution in [0, 0.1) is 6.92 Å². The molecule has 0 bridgehead atoms. The Labute approximate surface area is 142 Å². The van der Waals surface area contributed by atoms with Crippen molar-refractivity contribution >= 4 is 17.0 Å². The van der Waals surface area contributed by atoms with E-state index in [-0.39, 0.29) is 5.91 Å². The lowest BCUT2D eigenvalue weighted by Gasteiger charge is -2.07. The monoisotopic (exact) mass is 334 g/mol. The molecular weight excluding hydrogens is 320 g/mol. The van der Waals surface area contributed by atoms with E-state index in [1.54, 1.807) is 37.6 Å². The largest absolute Gasteiger partial charge is 0.463 e. The molecule has 1 N–H and O–H groups in total. The Morgan fingerprint density at radius 3 is 2.92 bits per heavy atom. The van der Waals surface area contributed by atoms with Crippen molar-refractivity contribution in [3.8, 4) is 11.5 Å². The number of furan rings is 1. The number of carbonyl (C=O) groups excluding carboxylic acids is 1. The van der Waals surface area contributed by atoms with Gasteiger partial charge in [0, 0.05) is 6.20 Å². The molecular formula is C18H14N4O3. The molecule has 7 nitrogen and oxygen atoms in total. The van der Waals surface area contributed by atoms with Crippen LogP contribution in [0.25, 0.3) is 22.6 Å². The number of hydrogen-bond donors (Lipinski definition) is 1. The smallest absolute Gasteiger partial charge is 0.259 e. The van der Waals surface area contributed by atoms with Crippen molar-refractivity contribution in [2.24, 2.45) is 0 Å². The number of amides is 1. The summed E-state index contributed by atoms with van der Waals surface area (Å²) in [6.45, 7) is 2.10. The predicted octanol–water partition coefficient (Wildman–Crippen LogP) is 3.12. The maximum Gasteiger partial charge on any atom is 0.259 e. The lowest BCUT2D eigenvalue weighted by Crippen LogP contribution is -2.23. The minimum absolute atomic E-state index is 0.253. The molecule has 0 radical (unpaired) electrons. The van der Waals surface area contributed by atoms with Crippen molar-refractivity contribution in [1.29, 1.82) is 0 Å². The number of aromatic nitrogens is 3. The molecule has 7 heteroatoms. The van der Waals surface area contributed by atoms with E-state index in [9.17, 15) is 4.79 Å². The fourth-order valence-electron chi connectivity index (χ4n) is 2.59. The molecule has 0 unspecified atom stereocenters. The lowest BCUT2D eigenvalue weighted by molar-refractivity contribution is 0.0952. The first-order chi connectivity index (χ1) is 12.2. The number of fused-ring (bicyclic) bond motifs is 1. The molecule has 4 rings (SSSR count). The summed E-state index contributed by atoms with van der Waals surface area (Å²) < 4.78 is 10.6. The van der Waals surface area contributed by atoms with Gasteiger partial charge in [-0.15, -0.1) is 0 Å². The number of nitrogens with zero attached hydrogens (tertiary/aromatic N) is 3. The molecule has 0 aliphatic heterocycles. The van der Waals surface area contributed by atoms with Gasteiger partial charge in [0.2, 0.25) is 0 Å². The molecule has 4 aromatic rings. The first-order valence-electron chi connectivity index (χ1n) is 7.71. The number of rotatable bonds is 4. The summed E-state index contributed by atoms with van der Waals surface area (Å²) in [5.74, 6) is 0.298. The van der Waals surface area contributed by atoms with E-state index in [0.29, 0.717) is 40.4 Å². The van der Waals surface area contributed by atoms with Crippen LogP contribution in [0.5, 0.6) is 0 Å². The topological polar surface area (TPSA) is 94.0 Å². The van der Waals surface area contributed by atoms with Crippen LogP contribution in [0.2, 0.25) is 0 Å². The van der Waals surface area contributed by atoms with Crippen LogP contribution >= 0.6 is 0 Å². The Balaban J connectivity index is 1.71. The van der Waals surface area contributed by atoms with Crippen molar-refractivity contribution in [3.63, 3.8) is 0 Å². The molecule has 0 aliphatic rings. The van der Waals surface area contributed by atoms with Crippen molar-refractivity contribution in [3.05, 3.63) is 65.8 Å². The van der Waals surface area contributed by atoms with Gasteiger partial charge in [0.25, 0.3) is 11.6 Å². The van der Waals surface area contributed by atoms with Gasteiger partial charge >= 0.3 is 0 Å². The quantitative estimate of drug-likeness (QED) is 0.616. The van der Waals surface area contributed by atoms with E-state index in [1.807, 2.05) is 18.2 Å². The summed E-state index contributed by atoms with van der Waals surface area (Å²) >= 11 is 0. The number of hydrogen-bond acceptors (Lipinski definition) is 6. The average Bonchev–Trinajstić information content (AvgIpc) is 3.30. The molecule has 0 saturated heterocycles. The Morgan fingerprint density at radius 1 is 1.24 bits per heavy atom. The van der Waals surface area contributed by atoms with Crippen molar-refractivity contribution in [2.45, 2.75) is 13.5 Å². The second-order valence-corrected chi connectivity index (χ2v) is 5.48. The summed E-state index contributed by atoms with van der Waals surface area (Å²) in [5.41, 5.74) is 2.63. The highest BCUT2D eigenvalue weighted by Gasteiger charge is 2.20. The van der Waals surface area contributed by atoms with E-state index in [1.165, 1.54) is 0 Å². The highest BCUT2D eigenvalue weighted by molar-refractivity contribution is 6.06. The zero-order valence-corrected chi connectivity index (χ0v) is 13.4. The van der Waals surface area contributed by atoms with Crippen LogP contribution in [-0.2, 0) is 6.54 Å². The minimum Gasteiger partial charge on any atom is -0.463 e. The fraction of sp³-hybridized carbons (Fsp3) is 0.111. The van der Waals surface area contributed by atoms with Gasteiger partial charge in [-0.1, -0.05) is 11.2 Å². The molecule has 0 fully saturated rings. The van der Waals surface area contributed by atoms with Crippen LogP contribution in [0.3, 0.4) is 0 Å². The van der Waals surface area contributed by atoms with Gasteiger partial charge in [-0.25, -0.2) is 4.98 Å². The van der Waals surface area contributed by atoms with Crippen LogP contribution in [0.15, 0.2) is 57.8 Å². The van der Waals surface area contributed by atoms with Crippen molar-refractivity contribution in [2.75, 3.05) is 0 Å². The summed E-state index contributed by atoms with van der Waals surface area (Å²) in [6, 6.07) is 10.8. The van der Waals surface area contributed by atoms with E-state index >= 15 is 0 Å².